The van der Waals surface area contributed by atoms with Crippen molar-refractivity contribution < 1.29 is 4.39 Å². The summed E-state index contributed by atoms with van der Waals surface area (Å²) in [4.78, 5) is 4.36. The summed E-state index contributed by atoms with van der Waals surface area (Å²) in [5.74, 6) is 0.942. The largest absolute Gasteiger partial charge is 0.262 e. The number of rotatable bonds is 5. The summed E-state index contributed by atoms with van der Waals surface area (Å²) >= 11 is 0. The lowest BCUT2D eigenvalue weighted by atomic mass is 10.1. The average Bonchev–Trinajstić information content (AvgIpc) is 2.97. The Balaban J connectivity index is 1.60. The second kappa shape index (κ2) is 6.31. The third kappa shape index (κ3) is 3.54. The Morgan fingerprint density at radius 3 is 2.71 bits per heavy atom. The highest BCUT2D eigenvalue weighted by molar-refractivity contribution is 5.54. The molecule has 0 spiro atoms. The summed E-state index contributed by atoms with van der Waals surface area (Å²) in [6.45, 7) is 0. The van der Waals surface area contributed by atoms with E-state index >= 15 is 0 Å². The van der Waals surface area contributed by atoms with Gasteiger partial charge in [-0.05, 0) is 30.5 Å². The first-order valence-electron chi connectivity index (χ1n) is 6.87. The molecule has 1 radical (unpaired) electrons. The second-order valence-electron chi connectivity index (χ2n) is 4.78. The summed E-state index contributed by atoms with van der Waals surface area (Å²) in [7, 11) is 0. The van der Waals surface area contributed by atoms with Crippen LogP contribution in [0, 0.1) is 12.2 Å². The van der Waals surface area contributed by atoms with Gasteiger partial charge in [-0.25, -0.2) is 9.37 Å². The Kier molecular flexibility index (Phi) is 4.05. The van der Waals surface area contributed by atoms with Gasteiger partial charge in [0.15, 0.2) is 5.82 Å². The third-order valence-electron chi connectivity index (χ3n) is 3.20. The lowest BCUT2D eigenvalue weighted by Crippen LogP contribution is -1.89. The zero-order valence-corrected chi connectivity index (χ0v) is 11.5. The number of hydrogen-bond acceptors (Lipinski definition) is 2. The molecule has 0 atom stereocenters. The Morgan fingerprint density at radius 2 is 1.90 bits per heavy atom. The fourth-order valence-electron chi connectivity index (χ4n) is 2.14. The van der Waals surface area contributed by atoms with Crippen molar-refractivity contribution in [3.63, 3.8) is 0 Å². The van der Waals surface area contributed by atoms with E-state index in [1.165, 1.54) is 17.7 Å². The molecule has 1 aromatic heterocycles. The van der Waals surface area contributed by atoms with Crippen LogP contribution >= 0.6 is 0 Å². The number of nitrogens with one attached hydrogen (secondary N) is 1. The maximum absolute atomic E-state index is 13.2. The highest BCUT2D eigenvalue weighted by Crippen LogP contribution is 2.16. The highest BCUT2D eigenvalue weighted by atomic mass is 19.1. The summed E-state index contributed by atoms with van der Waals surface area (Å²) in [6, 6.07) is 16.6. The number of H-pyrrole nitrogens is 1. The predicted octanol–water partition coefficient (Wildman–Crippen LogP) is 3.80. The monoisotopic (exact) mass is 280 g/mol. The van der Waals surface area contributed by atoms with Gasteiger partial charge in [-0.3, -0.25) is 5.10 Å². The number of aromatic nitrogens is 3. The molecule has 3 nitrogen and oxygen atoms in total. The topological polar surface area (TPSA) is 41.6 Å². The van der Waals surface area contributed by atoms with E-state index in [0.29, 0.717) is 17.2 Å². The molecule has 0 aliphatic carbocycles. The molecule has 0 fully saturated rings. The van der Waals surface area contributed by atoms with Crippen LogP contribution in [0.1, 0.15) is 17.8 Å². The SMILES string of the molecule is Fc1cccc(-c2n[nH]c([CH]CCc3ccccc3)n2)c1. The average molecular weight is 280 g/mol. The number of aryl methyl sites for hydroxylation is 1. The Hall–Kier alpha value is -2.49. The minimum absolute atomic E-state index is 0.285. The molecule has 0 aliphatic rings. The molecule has 0 saturated carbocycles. The number of halogens is 1. The van der Waals surface area contributed by atoms with E-state index in [9.17, 15) is 4.39 Å². The van der Waals surface area contributed by atoms with Crippen LogP contribution in [-0.2, 0) is 6.42 Å². The van der Waals surface area contributed by atoms with Gasteiger partial charge in [0.05, 0.1) is 0 Å². The van der Waals surface area contributed by atoms with Gasteiger partial charge in [0, 0.05) is 12.0 Å². The van der Waals surface area contributed by atoms with Gasteiger partial charge in [-0.1, -0.05) is 42.5 Å². The second-order valence-corrected chi connectivity index (χ2v) is 4.78. The van der Waals surface area contributed by atoms with Gasteiger partial charge in [-0.15, -0.1) is 0 Å². The van der Waals surface area contributed by atoms with Crippen molar-refractivity contribution in [2.45, 2.75) is 12.8 Å². The first-order valence-corrected chi connectivity index (χ1v) is 6.87. The van der Waals surface area contributed by atoms with Crippen LogP contribution in [0.3, 0.4) is 0 Å². The molecule has 21 heavy (non-hydrogen) atoms. The van der Waals surface area contributed by atoms with Crippen molar-refractivity contribution in [3.05, 3.63) is 78.2 Å². The van der Waals surface area contributed by atoms with Crippen molar-refractivity contribution in [1.29, 1.82) is 0 Å². The van der Waals surface area contributed by atoms with Gasteiger partial charge >= 0.3 is 0 Å². The molecule has 0 bridgehead atoms. The summed E-state index contributed by atoms with van der Waals surface area (Å²) in [5, 5.41) is 6.99. The standard InChI is InChI=1S/C17H15FN3/c18-15-10-5-9-14(12-15)17-19-16(20-21-17)11-4-8-13-6-2-1-3-7-13/h1-3,5-7,9-12H,4,8H2,(H,19,20,21). The van der Waals surface area contributed by atoms with Crippen molar-refractivity contribution in [3.8, 4) is 11.4 Å². The predicted molar refractivity (Wildman–Crippen MR) is 79.9 cm³/mol. The fourth-order valence-corrected chi connectivity index (χ4v) is 2.14. The van der Waals surface area contributed by atoms with E-state index in [1.54, 1.807) is 12.1 Å². The Bertz CT molecular complexity index is 707. The molecule has 1 heterocycles. The molecule has 0 aliphatic heterocycles. The number of nitrogens with zero attached hydrogens (tertiary/aromatic N) is 2. The van der Waals surface area contributed by atoms with Crippen LogP contribution in [0.2, 0.25) is 0 Å². The summed E-state index contributed by atoms with van der Waals surface area (Å²) in [6.07, 6.45) is 3.83. The minimum atomic E-state index is -0.285. The normalized spacial score (nSPS) is 10.7. The molecular formula is C17H15FN3. The summed E-state index contributed by atoms with van der Waals surface area (Å²) < 4.78 is 13.2. The van der Waals surface area contributed by atoms with Crippen LogP contribution in [0.5, 0.6) is 0 Å². The van der Waals surface area contributed by atoms with E-state index < -0.39 is 0 Å². The first-order chi connectivity index (χ1) is 10.3. The molecule has 4 heteroatoms. The Morgan fingerprint density at radius 1 is 1.05 bits per heavy atom. The van der Waals surface area contributed by atoms with Crippen LogP contribution in [0.15, 0.2) is 54.6 Å². The van der Waals surface area contributed by atoms with Crippen LogP contribution in [0.4, 0.5) is 4.39 Å². The first kappa shape index (κ1) is 13.5. The number of benzene rings is 2. The molecular weight excluding hydrogens is 265 g/mol. The smallest absolute Gasteiger partial charge is 0.181 e. The van der Waals surface area contributed by atoms with Gasteiger partial charge in [-0.2, -0.15) is 5.10 Å². The third-order valence-corrected chi connectivity index (χ3v) is 3.20. The lowest BCUT2D eigenvalue weighted by Gasteiger charge is -1.98. The molecule has 0 saturated heterocycles. The number of hydrogen-bond donors (Lipinski definition) is 1. The van der Waals surface area contributed by atoms with Crippen LogP contribution in [0.25, 0.3) is 11.4 Å². The van der Waals surface area contributed by atoms with Gasteiger partial charge in [0.25, 0.3) is 0 Å². The quantitative estimate of drug-likeness (QED) is 0.772. The maximum atomic E-state index is 13.2. The van der Waals surface area contributed by atoms with E-state index in [1.807, 2.05) is 24.6 Å². The molecule has 0 amide bonds. The fraction of sp³-hybridized carbons (Fsp3) is 0.118. The van der Waals surface area contributed by atoms with Gasteiger partial charge < -0.3 is 0 Å². The van der Waals surface area contributed by atoms with Gasteiger partial charge in [0.2, 0.25) is 0 Å². The molecule has 3 aromatic rings. The van der Waals surface area contributed by atoms with Crippen LogP contribution in [-0.4, -0.2) is 15.2 Å². The molecule has 0 unspecified atom stereocenters. The highest BCUT2D eigenvalue weighted by Gasteiger charge is 2.06. The minimum Gasteiger partial charge on any atom is -0.262 e. The van der Waals surface area contributed by atoms with E-state index in [4.69, 9.17) is 0 Å². The zero-order valence-electron chi connectivity index (χ0n) is 11.5. The molecule has 2 aromatic carbocycles. The summed E-state index contributed by atoms with van der Waals surface area (Å²) in [5.41, 5.74) is 1.97. The number of aromatic amines is 1. The lowest BCUT2D eigenvalue weighted by molar-refractivity contribution is 0.628. The van der Waals surface area contributed by atoms with Crippen molar-refractivity contribution in [1.82, 2.24) is 15.2 Å². The Labute approximate surface area is 122 Å². The van der Waals surface area contributed by atoms with Crippen molar-refractivity contribution in [2.75, 3.05) is 0 Å². The zero-order chi connectivity index (χ0) is 14.5. The van der Waals surface area contributed by atoms with Crippen molar-refractivity contribution >= 4 is 0 Å². The van der Waals surface area contributed by atoms with Crippen LogP contribution < -0.4 is 0 Å². The maximum Gasteiger partial charge on any atom is 0.181 e. The van der Waals surface area contributed by atoms with Crippen molar-refractivity contribution in [2.24, 2.45) is 0 Å². The molecule has 105 valence electrons. The van der Waals surface area contributed by atoms with E-state index in [0.717, 1.165) is 12.8 Å². The van der Waals surface area contributed by atoms with E-state index in [2.05, 4.69) is 27.3 Å². The van der Waals surface area contributed by atoms with Gasteiger partial charge in [0.1, 0.15) is 11.6 Å². The van der Waals surface area contributed by atoms with E-state index in [-0.39, 0.29) is 5.82 Å². The molecule has 3 rings (SSSR count). The molecule has 1 N–H and O–H groups in total.